The Morgan fingerprint density at radius 3 is 2.00 bits per heavy atom. The van der Waals surface area contributed by atoms with Crippen molar-refractivity contribution < 1.29 is 33.2 Å². The summed E-state index contributed by atoms with van der Waals surface area (Å²) in [6.45, 7) is 2.65. The highest BCUT2D eigenvalue weighted by Gasteiger charge is 2.57. The highest BCUT2D eigenvalue weighted by Crippen LogP contribution is 2.71. The van der Waals surface area contributed by atoms with Gasteiger partial charge in [0.1, 0.15) is 0 Å². The van der Waals surface area contributed by atoms with E-state index in [1.165, 1.54) is 0 Å². The summed E-state index contributed by atoms with van der Waals surface area (Å²) >= 11 is 0. The van der Waals surface area contributed by atoms with Crippen LogP contribution >= 0.6 is 15.2 Å². The van der Waals surface area contributed by atoms with E-state index in [0.29, 0.717) is 11.0 Å². The molecule has 0 aromatic heterocycles. The summed E-state index contributed by atoms with van der Waals surface area (Å²) in [6.07, 6.45) is 1.50. The maximum Gasteiger partial charge on any atom is 0.343 e. The molecule has 4 N–H and O–H groups in total. The lowest BCUT2D eigenvalue weighted by Gasteiger charge is -2.41. The predicted molar refractivity (Wildman–Crippen MR) is 71.7 cm³/mol. The largest absolute Gasteiger partial charge is 0.343 e. The summed E-state index contributed by atoms with van der Waals surface area (Å²) in [7, 11) is -5.75. The number of quaternary nitrogens is 1. The second-order valence-electron chi connectivity index (χ2n) is 6.36. The molecule has 0 bridgehead atoms. The summed E-state index contributed by atoms with van der Waals surface area (Å²) in [5, 5.41) is 0. The van der Waals surface area contributed by atoms with Crippen LogP contribution in [0.1, 0.15) is 26.2 Å². The van der Waals surface area contributed by atoms with E-state index in [1.54, 1.807) is 0 Å². The molecule has 0 aliphatic carbocycles. The lowest BCUT2D eigenvalue weighted by molar-refractivity contribution is -0.898. The molecule has 19 heavy (non-hydrogen) atoms. The fourth-order valence-electron chi connectivity index (χ4n) is 2.81. The van der Waals surface area contributed by atoms with Gasteiger partial charge in [0.15, 0.2) is 4.90 Å². The summed E-state index contributed by atoms with van der Waals surface area (Å²) < 4.78 is 23.8. The summed E-state index contributed by atoms with van der Waals surface area (Å²) in [6, 6.07) is 0. The molecule has 9 heteroatoms. The van der Waals surface area contributed by atoms with Crippen molar-refractivity contribution in [2.24, 2.45) is 5.92 Å². The highest BCUT2D eigenvalue weighted by atomic mass is 31.2. The van der Waals surface area contributed by atoms with Crippen molar-refractivity contribution in [3.8, 4) is 0 Å². The van der Waals surface area contributed by atoms with Crippen LogP contribution in [0.3, 0.4) is 0 Å². The van der Waals surface area contributed by atoms with Crippen molar-refractivity contribution in [2.75, 3.05) is 27.2 Å². The second kappa shape index (κ2) is 5.23. The van der Waals surface area contributed by atoms with Crippen LogP contribution in [0.5, 0.6) is 0 Å². The van der Waals surface area contributed by atoms with Crippen molar-refractivity contribution in [2.45, 2.75) is 31.1 Å². The van der Waals surface area contributed by atoms with E-state index in [-0.39, 0.29) is 12.3 Å². The van der Waals surface area contributed by atoms with Crippen molar-refractivity contribution >= 4 is 15.2 Å². The fraction of sp³-hybridized carbons (Fsp3) is 1.00. The van der Waals surface area contributed by atoms with Crippen LogP contribution in [0, 0.1) is 5.92 Å². The zero-order valence-corrected chi connectivity index (χ0v) is 13.3. The lowest BCUT2D eigenvalue weighted by atomic mass is 9.92. The minimum Gasteiger partial charge on any atom is -0.328 e. The van der Waals surface area contributed by atoms with Gasteiger partial charge in [-0.25, -0.2) is 0 Å². The van der Waals surface area contributed by atoms with E-state index >= 15 is 0 Å². The maximum atomic E-state index is 11.5. The SMILES string of the molecule is CC(CC1CCC[N+](C)(C)C1)(P(=O)(O)O)P(=O)(O)O. The van der Waals surface area contributed by atoms with Crippen LogP contribution in [0.2, 0.25) is 0 Å². The molecule has 0 saturated carbocycles. The normalized spacial score (nSPS) is 25.3. The topological polar surface area (TPSA) is 115 Å². The van der Waals surface area contributed by atoms with Crippen LogP contribution in [-0.2, 0) is 9.13 Å². The highest BCUT2D eigenvalue weighted by molar-refractivity contribution is 7.72. The molecule has 1 fully saturated rings. The van der Waals surface area contributed by atoms with Gasteiger partial charge >= 0.3 is 15.2 Å². The van der Waals surface area contributed by atoms with E-state index in [0.717, 1.165) is 26.3 Å². The first-order valence-electron chi connectivity index (χ1n) is 6.22. The van der Waals surface area contributed by atoms with Crippen LogP contribution in [0.25, 0.3) is 0 Å². The van der Waals surface area contributed by atoms with Gasteiger partial charge in [-0.15, -0.1) is 0 Å². The van der Waals surface area contributed by atoms with Crippen molar-refractivity contribution in [1.82, 2.24) is 0 Å². The number of rotatable bonds is 4. The van der Waals surface area contributed by atoms with Gasteiger partial charge < -0.3 is 24.1 Å². The molecule has 1 aliphatic rings. The first-order valence-corrected chi connectivity index (χ1v) is 9.44. The molecule has 0 aromatic carbocycles. The molecule has 7 nitrogen and oxygen atoms in total. The standard InChI is InChI=1S/C10H23NO6P2/c1-10(18(12,13)14,19(15,16)17)7-9-5-4-6-11(2,3)8-9/h9H,4-8H2,1-3H3,(H3-,12,13,14,15,16,17)/p+1. The lowest BCUT2D eigenvalue weighted by Crippen LogP contribution is -2.48. The number of piperidine rings is 1. The maximum absolute atomic E-state index is 11.5. The molecule has 0 radical (unpaired) electrons. The Morgan fingerprint density at radius 2 is 1.63 bits per heavy atom. The van der Waals surface area contributed by atoms with Crippen LogP contribution in [0.15, 0.2) is 0 Å². The number of nitrogens with zero attached hydrogens (tertiary/aromatic N) is 1. The Labute approximate surface area is 113 Å². The van der Waals surface area contributed by atoms with Gasteiger partial charge in [-0.2, -0.15) is 0 Å². The monoisotopic (exact) mass is 316 g/mol. The minimum atomic E-state index is -4.89. The third-order valence-corrected chi connectivity index (χ3v) is 8.50. The predicted octanol–water partition coefficient (Wildman–Crippen LogP) is 0.934. The minimum absolute atomic E-state index is 0.0889. The molecular weight excluding hydrogens is 292 g/mol. The molecule has 0 aromatic rings. The van der Waals surface area contributed by atoms with Crippen LogP contribution < -0.4 is 0 Å². The molecule has 1 aliphatic heterocycles. The first-order chi connectivity index (χ1) is 8.29. The molecular formula is C10H24NO6P2+. The Bertz CT molecular complexity index is 404. The zero-order valence-electron chi connectivity index (χ0n) is 11.6. The van der Waals surface area contributed by atoms with Gasteiger partial charge in [0.05, 0.1) is 27.2 Å². The van der Waals surface area contributed by atoms with Gasteiger partial charge in [-0.3, -0.25) is 9.13 Å². The molecule has 1 saturated heterocycles. The Balaban J connectivity index is 2.98. The van der Waals surface area contributed by atoms with E-state index in [9.17, 15) is 28.7 Å². The third-order valence-electron chi connectivity index (χ3n) is 4.06. The number of hydrogen-bond donors (Lipinski definition) is 4. The molecule has 1 rings (SSSR count). The zero-order chi connectivity index (χ0) is 15.1. The molecule has 1 atom stereocenters. The van der Waals surface area contributed by atoms with Crippen LogP contribution in [-0.4, -0.2) is 56.1 Å². The summed E-state index contributed by atoms with van der Waals surface area (Å²) in [5.74, 6) is -0.0889. The Morgan fingerprint density at radius 1 is 1.16 bits per heavy atom. The average molecular weight is 316 g/mol. The van der Waals surface area contributed by atoms with Gasteiger partial charge in [0.25, 0.3) is 0 Å². The Hall–Kier alpha value is 0.260. The number of likely N-dealkylation sites (tertiary alicyclic amines) is 1. The first kappa shape index (κ1) is 17.3. The summed E-state index contributed by atoms with van der Waals surface area (Å²) in [4.78, 5) is 35.1. The van der Waals surface area contributed by atoms with E-state index in [1.807, 2.05) is 14.1 Å². The van der Waals surface area contributed by atoms with Crippen molar-refractivity contribution in [3.63, 3.8) is 0 Å². The van der Waals surface area contributed by atoms with Crippen molar-refractivity contribution in [3.05, 3.63) is 0 Å². The molecule has 0 amide bonds. The van der Waals surface area contributed by atoms with Gasteiger partial charge in [-0.1, -0.05) is 0 Å². The average Bonchev–Trinajstić information content (AvgIpc) is 2.11. The van der Waals surface area contributed by atoms with Crippen molar-refractivity contribution in [1.29, 1.82) is 0 Å². The molecule has 1 unspecified atom stereocenters. The molecule has 0 spiro atoms. The summed E-state index contributed by atoms with van der Waals surface area (Å²) in [5.41, 5.74) is 0. The fourth-order valence-corrected chi connectivity index (χ4v) is 5.16. The van der Waals surface area contributed by atoms with E-state index in [2.05, 4.69) is 0 Å². The third kappa shape index (κ3) is 3.88. The van der Waals surface area contributed by atoms with E-state index in [4.69, 9.17) is 0 Å². The second-order valence-corrected chi connectivity index (χ2v) is 10.9. The molecule has 1 heterocycles. The van der Waals surface area contributed by atoms with E-state index < -0.39 is 20.1 Å². The smallest absolute Gasteiger partial charge is 0.328 e. The quantitative estimate of drug-likeness (QED) is 0.453. The van der Waals surface area contributed by atoms with Crippen LogP contribution in [0.4, 0.5) is 0 Å². The van der Waals surface area contributed by atoms with Gasteiger partial charge in [0, 0.05) is 5.92 Å². The van der Waals surface area contributed by atoms with Gasteiger partial charge in [0.2, 0.25) is 0 Å². The molecule has 114 valence electrons. The Kier molecular flexibility index (Phi) is 4.76. The number of hydrogen-bond acceptors (Lipinski definition) is 2. The van der Waals surface area contributed by atoms with Gasteiger partial charge in [-0.05, 0) is 26.2 Å².